The van der Waals surface area contributed by atoms with Crippen molar-refractivity contribution in [2.24, 2.45) is 23.7 Å². The SMILES string of the molecule is N#CB1CC2CN(c3ccc(ON4CC5CN(c6ccc(O)c(C=O)c6)CC5C4)c(C=O)c3)CC2C1. The maximum atomic E-state index is 11.9. The summed E-state index contributed by atoms with van der Waals surface area (Å²) in [5.74, 6) is 5.02. The highest BCUT2D eigenvalue weighted by atomic mass is 16.7. The number of phenols is 1. The highest BCUT2D eigenvalue weighted by Gasteiger charge is 2.43. The lowest BCUT2D eigenvalue weighted by molar-refractivity contribution is -0.0416. The number of benzene rings is 2. The first-order valence-electron chi connectivity index (χ1n) is 12.7. The molecule has 0 aliphatic carbocycles. The molecule has 0 amide bonds. The van der Waals surface area contributed by atoms with E-state index in [9.17, 15) is 20.0 Å². The van der Waals surface area contributed by atoms with E-state index in [4.69, 9.17) is 4.84 Å². The molecule has 0 radical (unpaired) electrons. The number of hydroxylamine groups is 2. The first kappa shape index (κ1) is 22.9. The van der Waals surface area contributed by atoms with E-state index in [-0.39, 0.29) is 12.5 Å². The molecule has 6 rings (SSSR count). The van der Waals surface area contributed by atoms with Gasteiger partial charge in [-0.1, -0.05) is 12.6 Å². The van der Waals surface area contributed by atoms with Crippen molar-refractivity contribution in [3.63, 3.8) is 0 Å². The fourth-order valence-corrected chi connectivity index (χ4v) is 6.73. The number of nitriles is 1. The maximum absolute atomic E-state index is 11.9. The van der Waals surface area contributed by atoms with Crippen molar-refractivity contribution in [2.45, 2.75) is 12.6 Å². The van der Waals surface area contributed by atoms with Crippen molar-refractivity contribution in [2.75, 3.05) is 49.1 Å². The molecule has 4 aliphatic rings. The monoisotopic (exact) mass is 484 g/mol. The van der Waals surface area contributed by atoms with Gasteiger partial charge in [0.05, 0.1) is 11.1 Å². The lowest BCUT2D eigenvalue weighted by Gasteiger charge is -2.25. The van der Waals surface area contributed by atoms with Crippen molar-refractivity contribution in [3.05, 3.63) is 47.5 Å². The fraction of sp³-hybridized carbons (Fsp3) is 0.444. The van der Waals surface area contributed by atoms with E-state index in [0.717, 1.165) is 69.6 Å². The third-order valence-electron chi connectivity index (χ3n) is 8.60. The van der Waals surface area contributed by atoms with Gasteiger partial charge in [-0.2, -0.15) is 0 Å². The number of aromatic hydroxyl groups is 1. The number of anilines is 2. The number of fused-ring (bicyclic) bond motifs is 2. The summed E-state index contributed by atoms with van der Waals surface area (Å²) in [4.78, 5) is 33.9. The molecule has 4 saturated heterocycles. The van der Waals surface area contributed by atoms with Crippen LogP contribution < -0.4 is 14.6 Å². The number of rotatable bonds is 6. The minimum absolute atomic E-state index is 0.00457. The van der Waals surface area contributed by atoms with Crippen LogP contribution in [0.2, 0.25) is 12.6 Å². The molecule has 0 aromatic heterocycles. The Bertz CT molecular complexity index is 1200. The van der Waals surface area contributed by atoms with Gasteiger partial charge < -0.3 is 19.7 Å². The third-order valence-corrected chi connectivity index (χ3v) is 8.60. The number of hydrogen-bond acceptors (Lipinski definition) is 8. The van der Waals surface area contributed by atoms with Crippen molar-refractivity contribution in [3.8, 4) is 17.5 Å². The van der Waals surface area contributed by atoms with Crippen LogP contribution in [-0.4, -0.2) is 68.7 Å². The van der Waals surface area contributed by atoms with Gasteiger partial charge in [-0.15, -0.1) is 5.06 Å². The smallest absolute Gasteiger partial charge is 0.268 e. The molecular weight excluding hydrogens is 455 g/mol. The predicted octanol–water partition coefficient (Wildman–Crippen LogP) is 3.00. The highest BCUT2D eigenvalue weighted by molar-refractivity contribution is 6.67. The summed E-state index contributed by atoms with van der Waals surface area (Å²) in [6.07, 6.45) is 3.52. The summed E-state index contributed by atoms with van der Waals surface area (Å²) in [6, 6.07) is 11.0. The van der Waals surface area contributed by atoms with Crippen LogP contribution in [0.1, 0.15) is 20.7 Å². The van der Waals surface area contributed by atoms with Gasteiger partial charge in [0.2, 0.25) is 0 Å². The second-order valence-corrected chi connectivity index (χ2v) is 10.8. The van der Waals surface area contributed by atoms with Gasteiger partial charge in [-0.05, 0) is 60.1 Å². The van der Waals surface area contributed by atoms with E-state index in [1.807, 2.05) is 29.3 Å². The van der Waals surface area contributed by atoms with Gasteiger partial charge in [0.25, 0.3) is 6.71 Å². The van der Waals surface area contributed by atoms with Crippen LogP contribution in [0, 0.1) is 34.9 Å². The molecule has 4 aliphatic heterocycles. The van der Waals surface area contributed by atoms with E-state index in [0.29, 0.717) is 46.8 Å². The second-order valence-electron chi connectivity index (χ2n) is 10.8. The average Bonchev–Trinajstić information content (AvgIpc) is 3.64. The standard InChI is InChI=1S/C27H29BN4O4/c29-17-28-7-20-9-30(10-21(20)8-28)25-2-4-27(19(6-25)16-34)36-32-13-22-11-31(12-23(22)14-32)24-1-3-26(35)18(5-24)15-33/h1-6,15-16,20-23,35H,7-14H2. The van der Waals surface area contributed by atoms with Crippen LogP contribution in [0.4, 0.5) is 11.4 Å². The molecule has 0 saturated carbocycles. The lowest BCUT2D eigenvalue weighted by atomic mass is 9.49. The van der Waals surface area contributed by atoms with Gasteiger partial charge >= 0.3 is 0 Å². The van der Waals surface area contributed by atoms with Crippen molar-refractivity contribution >= 4 is 30.7 Å². The number of aldehydes is 2. The minimum Gasteiger partial charge on any atom is -0.507 e. The quantitative estimate of drug-likeness (QED) is 0.494. The fourth-order valence-electron chi connectivity index (χ4n) is 6.73. The summed E-state index contributed by atoms with van der Waals surface area (Å²) in [5.41, 5.74) is 2.86. The molecule has 2 aromatic carbocycles. The van der Waals surface area contributed by atoms with Crippen molar-refractivity contribution < 1.29 is 19.5 Å². The van der Waals surface area contributed by atoms with E-state index in [1.54, 1.807) is 12.1 Å². The lowest BCUT2D eigenvalue weighted by Crippen LogP contribution is -2.31. The Labute approximate surface area is 211 Å². The van der Waals surface area contributed by atoms with Crippen molar-refractivity contribution in [1.82, 2.24) is 5.06 Å². The zero-order valence-electron chi connectivity index (χ0n) is 20.1. The summed E-state index contributed by atoms with van der Waals surface area (Å²) >= 11 is 0. The molecule has 2 aromatic rings. The molecule has 4 fully saturated rings. The Morgan fingerprint density at radius 3 is 1.97 bits per heavy atom. The molecule has 4 atom stereocenters. The van der Waals surface area contributed by atoms with E-state index < -0.39 is 0 Å². The minimum atomic E-state index is 0.00457. The van der Waals surface area contributed by atoms with Crippen molar-refractivity contribution in [1.29, 1.82) is 5.26 Å². The summed E-state index contributed by atoms with van der Waals surface area (Å²) in [6.45, 7) is 5.36. The summed E-state index contributed by atoms with van der Waals surface area (Å²) in [5, 5.41) is 21.0. The topological polar surface area (TPSA) is 97.1 Å². The van der Waals surface area contributed by atoms with Gasteiger partial charge in [-0.25, -0.2) is 5.26 Å². The van der Waals surface area contributed by atoms with Gasteiger partial charge in [0.15, 0.2) is 18.3 Å². The average molecular weight is 484 g/mol. The number of nitrogens with zero attached hydrogens (tertiary/aromatic N) is 4. The maximum Gasteiger partial charge on any atom is 0.268 e. The van der Waals surface area contributed by atoms with Crippen LogP contribution in [0.5, 0.6) is 11.5 Å². The van der Waals surface area contributed by atoms with E-state index in [1.165, 1.54) is 0 Å². The molecular formula is C27H29BN4O4. The van der Waals surface area contributed by atoms with Crippen LogP contribution in [0.3, 0.4) is 0 Å². The zero-order valence-corrected chi connectivity index (χ0v) is 20.1. The third kappa shape index (κ3) is 4.09. The number of carbonyl (C=O) groups is 2. The Balaban J connectivity index is 1.08. The molecule has 4 heterocycles. The molecule has 0 spiro atoms. The first-order chi connectivity index (χ1) is 17.5. The molecule has 9 heteroatoms. The van der Waals surface area contributed by atoms with Crippen LogP contribution in [0.15, 0.2) is 36.4 Å². The van der Waals surface area contributed by atoms with Crippen LogP contribution in [-0.2, 0) is 0 Å². The number of phenolic OH excluding ortho intramolecular Hbond substituents is 1. The molecule has 0 bridgehead atoms. The molecule has 8 nitrogen and oxygen atoms in total. The number of hydrogen-bond donors (Lipinski definition) is 1. The normalized spacial score (nSPS) is 27.1. The van der Waals surface area contributed by atoms with Crippen LogP contribution in [0.25, 0.3) is 0 Å². The largest absolute Gasteiger partial charge is 0.507 e. The first-order valence-corrected chi connectivity index (χ1v) is 12.7. The van der Waals surface area contributed by atoms with E-state index >= 15 is 0 Å². The van der Waals surface area contributed by atoms with E-state index in [2.05, 4.69) is 15.8 Å². The number of carbonyl (C=O) groups excluding carboxylic acids is 2. The van der Waals surface area contributed by atoms with Crippen LogP contribution >= 0.6 is 0 Å². The Morgan fingerprint density at radius 1 is 0.833 bits per heavy atom. The van der Waals surface area contributed by atoms with Gasteiger partial charge in [0, 0.05) is 56.6 Å². The van der Waals surface area contributed by atoms with Gasteiger partial charge in [-0.3, -0.25) is 9.59 Å². The second kappa shape index (κ2) is 9.18. The molecule has 184 valence electrons. The molecule has 4 unspecified atom stereocenters. The summed E-state index contributed by atoms with van der Waals surface area (Å²) in [7, 11) is 0. The Morgan fingerprint density at radius 2 is 1.39 bits per heavy atom. The highest BCUT2D eigenvalue weighted by Crippen LogP contribution is 2.41. The predicted molar refractivity (Wildman–Crippen MR) is 137 cm³/mol. The molecule has 1 N–H and O–H groups in total. The Hall–Kier alpha value is -3.51. The Kier molecular flexibility index (Phi) is 5.84. The summed E-state index contributed by atoms with van der Waals surface area (Å²) < 4.78 is 0. The van der Waals surface area contributed by atoms with Gasteiger partial charge in [0.1, 0.15) is 5.75 Å². The zero-order chi connectivity index (χ0) is 24.8. The molecule has 36 heavy (non-hydrogen) atoms.